The maximum atomic E-state index is 5.33. The van der Waals surface area contributed by atoms with Crippen LogP contribution in [-0.2, 0) is 0 Å². The maximum Gasteiger partial charge on any atom is 0.216 e. The van der Waals surface area contributed by atoms with Crippen LogP contribution in [-0.4, -0.2) is 21.1 Å². The molecule has 0 amide bonds. The summed E-state index contributed by atoms with van der Waals surface area (Å²) in [6.45, 7) is 3.70. The minimum absolute atomic E-state index is 0.465. The summed E-state index contributed by atoms with van der Waals surface area (Å²) in [5.41, 5.74) is 0. The second-order valence-electron chi connectivity index (χ2n) is 3.08. The molecule has 0 unspecified atom stereocenters. The van der Waals surface area contributed by atoms with Crippen LogP contribution < -0.4 is 0 Å². The number of rotatable bonds is 2. The van der Waals surface area contributed by atoms with Crippen molar-refractivity contribution in [2.24, 2.45) is 5.10 Å². The molecule has 78 valence electrons. The van der Waals surface area contributed by atoms with E-state index in [9.17, 15) is 0 Å². The molecule has 0 radical (unpaired) electrons. The Morgan fingerprint density at radius 2 is 2.33 bits per heavy atom. The molecular formula is C9H10N4OS. The van der Waals surface area contributed by atoms with Crippen LogP contribution in [0.5, 0.6) is 0 Å². The lowest BCUT2D eigenvalue weighted by atomic mass is 10.4. The van der Waals surface area contributed by atoms with Crippen LogP contribution >= 0.6 is 12.2 Å². The average molecular weight is 222 g/mol. The molecule has 2 aromatic heterocycles. The first kappa shape index (κ1) is 9.85. The lowest BCUT2D eigenvalue weighted by Crippen LogP contribution is -1.92. The van der Waals surface area contributed by atoms with Gasteiger partial charge in [-0.3, -0.25) is 5.10 Å². The number of hydrogen-bond acceptors (Lipinski definition) is 4. The standard InChI is InChI=1S/C9H10N4OS/c1-6-3-4-8(14-6)5-10-13-7(2)11-12-9(13)15/h3-5H,1-2H3,(H,12,15). The van der Waals surface area contributed by atoms with Gasteiger partial charge in [0, 0.05) is 0 Å². The average Bonchev–Trinajstić information content (AvgIpc) is 2.73. The molecule has 0 saturated heterocycles. The summed E-state index contributed by atoms with van der Waals surface area (Å²) in [5.74, 6) is 2.25. The zero-order valence-electron chi connectivity index (χ0n) is 8.39. The van der Waals surface area contributed by atoms with Gasteiger partial charge in [0.05, 0.1) is 6.21 Å². The Labute approximate surface area is 91.4 Å². The minimum Gasteiger partial charge on any atom is -0.460 e. The molecule has 0 atom stereocenters. The van der Waals surface area contributed by atoms with Gasteiger partial charge in [0.15, 0.2) is 0 Å². The molecule has 0 aliphatic heterocycles. The number of furan rings is 1. The van der Waals surface area contributed by atoms with Crippen molar-refractivity contribution in [3.63, 3.8) is 0 Å². The molecule has 0 spiro atoms. The first-order valence-corrected chi connectivity index (χ1v) is 4.82. The number of nitrogens with one attached hydrogen (secondary N) is 1. The van der Waals surface area contributed by atoms with Crippen molar-refractivity contribution in [2.75, 3.05) is 0 Å². The number of H-pyrrole nitrogens is 1. The van der Waals surface area contributed by atoms with Gasteiger partial charge < -0.3 is 4.42 Å². The number of hydrogen-bond donors (Lipinski definition) is 1. The van der Waals surface area contributed by atoms with Gasteiger partial charge in [-0.15, -0.1) is 0 Å². The third-order valence-electron chi connectivity index (χ3n) is 1.87. The number of aromatic nitrogens is 3. The number of aromatic amines is 1. The van der Waals surface area contributed by atoms with Crippen molar-refractivity contribution >= 4 is 18.4 Å². The van der Waals surface area contributed by atoms with E-state index in [2.05, 4.69) is 15.3 Å². The summed E-state index contributed by atoms with van der Waals surface area (Å²) in [4.78, 5) is 0. The van der Waals surface area contributed by atoms with Crippen LogP contribution in [0.3, 0.4) is 0 Å². The van der Waals surface area contributed by atoms with E-state index in [1.54, 1.807) is 6.21 Å². The predicted octanol–water partition coefficient (Wildman–Crippen LogP) is 2.03. The monoisotopic (exact) mass is 222 g/mol. The van der Waals surface area contributed by atoms with Crippen LogP contribution in [0, 0.1) is 18.6 Å². The fourth-order valence-electron chi connectivity index (χ4n) is 1.14. The SMILES string of the molecule is Cc1ccc(C=Nn2c(C)n[nH]c2=S)o1. The molecule has 6 heteroatoms. The second-order valence-corrected chi connectivity index (χ2v) is 3.47. The van der Waals surface area contributed by atoms with Crippen molar-refractivity contribution in [3.8, 4) is 0 Å². The maximum absolute atomic E-state index is 5.33. The van der Waals surface area contributed by atoms with Crippen molar-refractivity contribution < 1.29 is 4.42 Å². The fourth-order valence-corrected chi connectivity index (χ4v) is 1.37. The molecule has 2 aromatic rings. The van der Waals surface area contributed by atoms with Gasteiger partial charge in [0.25, 0.3) is 0 Å². The molecular weight excluding hydrogens is 212 g/mol. The zero-order valence-corrected chi connectivity index (χ0v) is 9.21. The summed E-state index contributed by atoms with van der Waals surface area (Å²) in [6, 6.07) is 3.72. The Morgan fingerprint density at radius 1 is 1.53 bits per heavy atom. The largest absolute Gasteiger partial charge is 0.460 e. The first-order chi connectivity index (χ1) is 7.16. The highest BCUT2D eigenvalue weighted by Crippen LogP contribution is 2.03. The van der Waals surface area contributed by atoms with Crippen LogP contribution in [0.15, 0.2) is 21.7 Å². The molecule has 5 nitrogen and oxygen atoms in total. The smallest absolute Gasteiger partial charge is 0.216 e. The van der Waals surface area contributed by atoms with E-state index in [-0.39, 0.29) is 0 Å². The van der Waals surface area contributed by atoms with Gasteiger partial charge in [-0.2, -0.15) is 14.9 Å². The lowest BCUT2D eigenvalue weighted by molar-refractivity contribution is 0.527. The van der Waals surface area contributed by atoms with E-state index in [0.29, 0.717) is 16.4 Å². The van der Waals surface area contributed by atoms with Crippen LogP contribution in [0.1, 0.15) is 17.3 Å². The molecule has 0 saturated carbocycles. The van der Waals surface area contributed by atoms with E-state index < -0.39 is 0 Å². The summed E-state index contributed by atoms with van der Waals surface area (Å²) < 4.78 is 7.33. The van der Waals surface area contributed by atoms with E-state index in [4.69, 9.17) is 16.6 Å². The molecule has 0 aliphatic rings. The summed E-state index contributed by atoms with van der Waals surface area (Å²) in [6.07, 6.45) is 1.60. The van der Waals surface area contributed by atoms with Crippen LogP contribution in [0.4, 0.5) is 0 Å². The lowest BCUT2D eigenvalue weighted by Gasteiger charge is -1.91. The van der Waals surface area contributed by atoms with Crippen molar-refractivity contribution in [1.29, 1.82) is 0 Å². The summed E-state index contributed by atoms with van der Waals surface area (Å²) >= 11 is 4.99. The molecule has 15 heavy (non-hydrogen) atoms. The molecule has 0 fully saturated rings. The fraction of sp³-hybridized carbons (Fsp3) is 0.222. The number of nitrogens with zero attached hydrogens (tertiary/aromatic N) is 3. The van der Waals surface area contributed by atoms with Gasteiger partial charge in [-0.25, -0.2) is 0 Å². The third-order valence-corrected chi connectivity index (χ3v) is 2.14. The molecule has 1 N–H and O–H groups in total. The third kappa shape index (κ3) is 2.04. The summed E-state index contributed by atoms with van der Waals surface area (Å²) in [5, 5.41) is 10.7. The van der Waals surface area contributed by atoms with Crippen molar-refractivity contribution in [3.05, 3.63) is 34.2 Å². The zero-order chi connectivity index (χ0) is 10.8. The van der Waals surface area contributed by atoms with E-state index in [1.165, 1.54) is 4.68 Å². The van der Waals surface area contributed by atoms with Crippen LogP contribution in [0.25, 0.3) is 0 Å². The highest BCUT2D eigenvalue weighted by atomic mass is 32.1. The normalized spacial score (nSPS) is 11.3. The molecule has 2 rings (SSSR count). The Morgan fingerprint density at radius 3 is 2.87 bits per heavy atom. The highest BCUT2D eigenvalue weighted by molar-refractivity contribution is 7.71. The van der Waals surface area contributed by atoms with Gasteiger partial charge in [0.2, 0.25) is 4.77 Å². The molecule has 0 aromatic carbocycles. The minimum atomic E-state index is 0.465. The van der Waals surface area contributed by atoms with Crippen molar-refractivity contribution in [1.82, 2.24) is 14.9 Å². The summed E-state index contributed by atoms with van der Waals surface area (Å²) in [7, 11) is 0. The Hall–Kier alpha value is -1.69. The van der Waals surface area contributed by atoms with Crippen molar-refractivity contribution in [2.45, 2.75) is 13.8 Å². The van der Waals surface area contributed by atoms with Gasteiger partial charge >= 0.3 is 0 Å². The van der Waals surface area contributed by atoms with Gasteiger partial charge in [-0.1, -0.05) is 0 Å². The second kappa shape index (κ2) is 3.82. The Balaban J connectivity index is 2.29. The van der Waals surface area contributed by atoms with Gasteiger partial charge in [-0.05, 0) is 38.2 Å². The predicted molar refractivity (Wildman–Crippen MR) is 58.6 cm³/mol. The first-order valence-electron chi connectivity index (χ1n) is 4.41. The Bertz CT molecular complexity index is 548. The number of aryl methyl sites for hydroxylation is 2. The van der Waals surface area contributed by atoms with E-state index in [0.717, 1.165) is 5.76 Å². The van der Waals surface area contributed by atoms with Crippen LogP contribution in [0.2, 0.25) is 0 Å². The molecule has 0 aliphatic carbocycles. The van der Waals surface area contributed by atoms with E-state index >= 15 is 0 Å². The molecule has 0 bridgehead atoms. The topological polar surface area (TPSA) is 59.1 Å². The molecule has 2 heterocycles. The van der Waals surface area contributed by atoms with E-state index in [1.807, 2.05) is 26.0 Å². The highest BCUT2D eigenvalue weighted by Gasteiger charge is 1.98. The quantitative estimate of drug-likeness (QED) is 0.624. The Kier molecular flexibility index (Phi) is 2.51. The van der Waals surface area contributed by atoms with Gasteiger partial charge in [0.1, 0.15) is 17.3 Å².